The highest BCUT2D eigenvalue weighted by Gasteiger charge is 2.70. The number of thioether (sulfide) groups is 1. The number of anilines is 1. The van der Waals surface area contributed by atoms with Crippen LogP contribution >= 0.6 is 23.4 Å². The molecule has 0 aliphatic carbocycles. The number of nitrogens with zero attached hydrogens (tertiary/aromatic N) is 1. The topological polar surface area (TPSA) is 78.5 Å². The predicted octanol–water partition coefficient (Wildman–Crippen LogP) is 2.61. The van der Waals surface area contributed by atoms with Crippen LogP contribution in [0.5, 0.6) is 0 Å². The molecule has 0 radical (unpaired) electrons. The number of rotatable bonds is 5. The van der Waals surface area contributed by atoms with Crippen LogP contribution in [-0.4, -0.2) is 46.7 Å². The van der Waals surface area contributed by atoms with Gasteiger partial charge in [0.05, 0.1) is 11.8 Å². The van der Waals surface area contributed by atoms with E-state index in [9.17, 15) is 14.4 Å². The van der Waals surface area contributed by atoms with Crippen molar-refractivity contribution in [2.45, 2.75) is 44.3 Å². The highest BCUT2D eigenvalue weighted by atomic mass is 35.5. The summed E-state index contributed by atoms with van der Waals surface area (Å²) in [5.74, 6) is -1.15. The number of imide groups is 1. The van der Waals surface area contributed by atoms with Gasteiger partial charge in [0.25, 0.3) is 0 Å². The van der Waals surface area contributed by atoms with Gasteiger partial charge in [-0.25, -0.2) is 0 Å². The van der Waals surface area contributed by atoms with Gasteiger partial charge in [-0.3, -0.25) is 24.6 Å². The Hall–Kier alpha value is -1.57. The van der Waals surface area contributed by atoms with Gasteiger partial charge in [-0.15, -0.1) is 0 Å². The van der Waals surface area contributed by atoms with E-state index in [4.69, 9.17) is 11.6 Å². The Bertz CT molecular complexity index is 863. The first kappa shape index (κ1) is 19.7. The SMILES string of the molecule is CC[C@@H](C)N1C(=O)[C@H]2[C@@H](C1=O)[C@@]1(N[C@@H]2CCSC)C(=O)Nc2ccc(Cl)cc21. The molecule has 0 unspecified atom stereocenters. The minimum atomic E-state index is -1.25. The van der Waals surface area contributed by atoms with Gasteiger partial charge < -0.3 is 5.32 Å². The fourth-order valence-electron chi connectivity index (χ4n) is 4.91. The van der Waals surface area contributed by atoms with Crippen LogP contribution in [0.1, 0.15) is 32.3 Å². The van der Waals surface area contributed by atoms with E-state index in [1.807, 2.05) is 20.1 Å². The maximum absolute atomic E-state index is 13.5. The fourth-order valence-corrected chi connectivity index (χ4v) is 5.57. The summed E-state index contributed by atoms with van der Waals surface area (Å²) in [6.07, 6.45) is 3.40. The van der Waals surface area contributed by atoms with Crippen LogP contribution in [0.4, 0.5) is 5.69 Å². The van der Waals surface area contributed by atoms with E-state index >= 15 is 0 Å². The standard InChI is InChI=1S/C20H24ClN3O3S/c1-4-10(2)24-17(25)15-14(7-8-28-3)23-20(16(15)18(24)26)12-9-11(21)5-6-13(12)22-19(20)27/h5-6,9-10,14-16,23H,4,7-8H2,1-3H3,(H,22,27)/t10-,14-,15-,16+,20-/m1/s1. The summed E-state index contributed by atoms with van der Waals surface area (Å²) in [4.78, 5) is 41.4. The van der Waals surface area contributed by atoms with Gasteiger partial charge in [0.1, 0.15) is 5.54 Å². The lowest BCUT2D eigenvalue weighted by molar-refractivity contribution is -0.145. The van der Waals surface area contributed by atoms with E-state index in [-0.39, 0.29) is 29.8 Å². The zero-order valence-corrected chi connectivity index (χ0v) is 17.7. The number of fused-ring (bicyclic) bond motifs is 4. The molecule has 1 aromatic rings. The summed E-state index contributed by atoms with van der Waals surface area (Å²) in [5.41, 5.74) is 0.0651. The number of benzene rings is 1. The van der Waals surface area contributed by atoms with Gasteiger partial charge >= 0.3 is 0 Å². The zero-order valence-electron chi connectivity index (χ0n) is 16.1. The van der Waals surface area contributed by atoms with Gasteiger partial charge in [-0.1, -0.05) is 18.5 Å². The molecule has 4 rings (SSSR count). The van der Waals surface area contributed by atoms with E-state index in [0.717, 1.165) is 5.75 Å². The number of carbonyl (C=O) groups is 3. The lowest BCUT2D eigenvalue weighted by Gasteiger charge is -2.31. The second kappa shape index (κ2) is 7.04. The molecule has 3 aliphatic rings. The minimum absolute atomic E-state index is 0.164. The maximum Gasteiger partial charge on any atom is 0.250 e. The molecule has 5 atom stereocenters. The molecule has 1 spiro atoms. The van der Waals surface area contributed by atoms with Crippen LogP contribution in [0, 0.1) is 11.8 Å². The van der Waals surface area contributed by atoms with E-state index in [1.54, 1.807) is 30.0 Å². The Labute approximate surface area is 173 Å². The molecule has 0 aromatic heterocycles. The number of carbonyl (C=O) groups excluding carboxylic acids is 3. The van der Waals surface area contributed by atoms with Crippen molar-refractivity contribution in [2.75, 3.05) is 17.3 Å². The molecular weight excluding hydrogens is 398 g/mol. The smallest absolute Gasteiger partial charge is 0.250 e. The lowest BCUT2D eigenvalue weighted by Crippen LogP contribution is -2.54. The van der Waals surface area contributed by atoms with Crippen molar-refractivity contribution in [3.8, 4) is 0 Å². The number of hydrogen-bond acceptors (Lipinski definition) is 5. The molecule has 28 heavy (non-hydrogen) atoms. The van der Waals surface area contributed by atoms with Crippen molar-refractivity contribution in [3.63, 3.8) is 0 Å². The van der Waals surface area contributed by atoms with E-state index in [2.05, 4.69) is 10.6 Å². The average molecular weight is 422 g/mol. The molecular formula is C20H24ClN3O3S. The fraction of sp³-hybridized carbons (Fsp3) is 0.550. The Balaban J connectivity index is 1.86. The normalized spacial score (nSPS) is 32.1. The second-order valence-electron chi connectivity index (χ2n) is 7.79. The number of likely N-dealkylation sites (tertiary alicyclic amines) is 1. The predicted molar refractivity (Wildman–Crippen MR) is 110 cm³/mol. The first-order valence-electron chi connectivity index (χ1n) is 9.61. The Morgan fingerprint density at radius 1 is 1.29 bits per heavy atom. The average Bonchev–Trinajstić information content (AvgIpc) is 3.25. The molecule has 2 fully saturated rings. The third-order valence-corrected chi connectivity index (χ3v) is 7.25. The first-order valence-corrected chi connectivity index (χ1v) is 11.4. The Morgan fingerprint density at radius 3 is 2.71 bits per heavy atom. The van der Waals surface area contributed by atoms with Crippen LogP contribution in [0.15, 0.2) is 18.2 Å². The van der Waals surface area contributed by atoms with E-state index in [1.165, 1.54) is 4.90 Å². The van der Waals surface area contributed by atoms with Crippen molar-refractivity contribution in [2.24, 2.45) is 11.8 Å². The molecule has 3 heterocycles. The molecule has 1 aromatic carbocycles. The maximum atomic E-state index is 13.5. The Morgan fingerprint density at radius 2 is 2.04 bits per heavy atom. The monoisotopic (exact) mass is 421 g/mol. The third kappa shape index (κ3) is 2.56. The quantitative estimate of drug-likeness (QED) is 0.714. The zero-order chi connectivity index (χ0) is 20.2. The summed E-state index contributed by atoms with van der Waals surface area (Å²) in [5, 5.41) is 6.81. The van der Waals surface area contributed by atoms with Crippen LogP contribution in [0.25, 0.3) is 0 Å². The van der Waals surface area contributed by atoms with E-state index < -0.39 is 17.4 Å². The highest BCUT2D eigenvalue weighted by molar-refractivity contribution is 7.98. The summed E-state index contributed by atoms with van der Waals surface area (Å²) >= 11 is 7.91. The van der Waals surface area contributed by atoms with Crippen LogP contribution < -0.4 is 10.6 Å². The van der Waals surface area contributed by atoms with Crippen molar-refractivity contribution < 1.29 is 14.4 Å². The molecule has 3 amide bonds. The number of halogens is 1. The van der Waals surface area contributed by atoms with E-state index in [0.29, 0.717) is 29.1 Å². The van der Waals surface area contributed by atoms with Crippen LogP contribution in [-0.2, 0) is 19.9 Å². The first-order chi connectivity index (χ1) is 13.4. The van der Waals surface area contributed by atoms with Gasteiger partial charge in [-0.05, 0) is 50.0 Å². The van der Waals surface area contributed by atoms with Gasteiger partial charge in [0.15, 0.2) is 0 Å². The second-order valence-corrected chi connectivity index (χ2v) is 9.21. The summed E-state index contributed by atoms with van der Waals surface area (Å²) < 4.78 is 0. The minimum Gasteiger partial charge on any atom is -0.324 e. The van der Waals surface area contributed by atoms with Crippen molar-refractivity contribution in [3.05, 3.63) is 28.8 Å². The van der Waals surface area contributed by atoms with Gasteiger partial charge in [0, 0.05) is 28.4 Å². The van der Waals surface area contributed by atoms with Gasteiger partial charge in [0.2, 0.25) is 17.7 Å². The lowest BCUT2D eigenvalue weighted by atomic mass is 9.76. The summed E-state index contributed by atoms with van der Waals surface area (Å²) in [6.45, 7) is 3.84. The molecule has 6 nitrogen and oxygen atoms in total. The molecule has 2 N–H and O–H groups in total. The molecule has 0 bridgehead atoms. The molecule has 2 saturated heterocycles. The van der Waals surface area contributed by atoms with Crippen molar-refractivity contribution in [1.82, 2.24) is 10.2 Å². The molecule has 8 heteroatoms. The highest BCUT2D eigenvalue weighted by Crippen LogP contribution is 2.54. The van der Waals surface area contributed by atoms with Crippen molar-refractivity contribution in [1.29, 1.82) is 0 Å². The number of nitrogens with one attached hydrogen (secondary N) is 2. The molecule has 3 aliphatic heterocycles. The molecule has 0 saturated carbocycles. The Kier molecular flexibility index (Phi) is 4.96. The third-order valence-electron chi connectivity index (χ3n) is 6.38. The number of amides is 3. The van der Waals surface area contributed by atoms with Crippen LogP contribution in [0.3, 0.4) is 0 Å². The summed E-state index contributed by atoms with van der Waals surface area (Å²) in [7, 11) is 0. The summed E-state index contributed by atoms with van der Waals surface area (Å²) in [6, 6.07) is 4.78. The number of hydrogen-bond donors (Lipinski definition) is 2. The largest absolute Gasteiger partial charge is 0.324 e. The molecule has 150 valence electrons. The van der Waals surface area contributed by atoms with Crippen molar-refractivity contribution >= 4 is 46.8 Å². The van der Waals surface area contributed by atoms with Gasteiger partial charge in [-0.2, -0.15) is 11.8 Å². The van der Waals surface area contributed by atoms with Crippen LogP contribution in [0.2, 0.25) is 5.02 Å².